The van der Waals surface area contributed by atoms with E-state index in [1.54, 1.807) is 7.11 Å². The molecule has 0 aliphatic heterocycles. The maximum absolute atomic E-state index is 10.9. The van der Waals surface area contributed by atoms with Crippen molar-refractivity contribution in [3.8, 4) is 11.5 Å². The Morgan fingerprint density at radius 2 is 1.19 bits per heavy atom. The molecule has 0 radical (unpaired) electrons. The molecule has 5 nitrogen and oxygen atoms in total. The number of carbonyl (C=O) groups is 1. The molecular formula is C27H40O5. The normalized spacial score (nSPS) is 11.6. The first-order valence-electron chi connectivity index (χ1n) is 11.0. The van der Waals surface area contributed by atoms with Crippen LogP contribution in [-0.2, 0) is 14.3 Å². The van der Waals surface area contributed by atoms with Crippen LogP contribution in [0.25, 0.3) is 0 Å². The minimum atomic E-state index is -0.369. The van der Waals surface area contributed by atoms with Crippen LogP contribution in [0.3, 0.4) is 0 Å². The Labute approximate surface area is 194 Å². The third-order valence-corrected chi connectivity index (χ3v) is 5.05. The van der Waals surface area contributed by atoms with Crippen LogP contribution in [0.5, 0.6) is 11.5 Å². The average molecular weight is 445 g/mol. The third-order valence-electron chi connectivity index (χ3n) is 5.05. The summed E-state index contributed by atoms with van der Waals surface area (Å²) in [6.07, 6.45) is 2.28. The van der Waals surface area contributed by atoms with E-state index in [2.05, 4.69) is 57.7 Å². The molecule has 2 atom stereocenters. The zero-order chi connectivity index (χ0) is 24.4. The summed E-state index contributed by atoms with van der Waals surface area (Å²) in [7, 11) is 2.96. The molecule has 0 aliphatic rings. The monoisotopic (exact) mass is 444 g/mol. The second kappa shape index (κ2) is 17.8. The zero-order valence-electron chi connectivity index (χ0n) is 20.6. The molecule has 0 spiro atoms. The highest BCUT2D eigenvalue weighted by atomic mass is 16.7. The van der Waals surface area contributed by atoms with Gasteiger partial charge in [-0.2, -0.15) is 0 Å². The molecule has 2 rings (SSSR count). The molecule has 0 aromatic heterocycles. The van der Waals surface area contributed by atoms with E-state index in [-0.39, 0.29) is 12.6 Å². The Bertz CT molecular complexity index is 725. The minimum absolute atomic E-state index is 0.0425. The number of carbonyl (C=O) groups excluding carboxylic acids is 1. The lowest BCUT2D eigenvalue weighted by atomic mass is 9.99. The van der Waals surface area contributed by atoms with Gasteiger partial charge in [-0.1, -0.05) is 52.0 Å². The summed E-state index contributed by atoms with van der Waals surface area (Å²) in [6.45, 7) is 15.0. The van der Waals surface area contributed by atoms with Gasteiger partial charge in [-0.25, -0.2) is 4.79 Å². The van der Waals surface area contributed by atoms with Crippen LogP contribution in [0.15, 0.2) is 61.7 Å². The molecular weight excluding hydrogens is 404 g/mol. The molecule has 2 unspecified atom stereocenters. The first-order chi connectivity index (χ1) is 15.4. The van der Waals surface area contributed by atoms with Gasteiger partial charge in [-0.15, -0.1) is 13.2 Å². The topological polar surface area (TPSA) is 54.0 Å². The third kappa shape index (κ3) is 11.6. The van der Waals surface area contributed by atoms with Gasteiger partial charge in [0.1, 0.15) is 11.5 Å². The molecule has 0 saturated carbocycles. The second-order valence-electron chi connectivity index (χ2n) is 7.17. The van der Waals surface area contributed by atoms with Crippen molar-refractivity contribution in [3.05, 3.63) is 72.8 Å². The SMILES string of the molecule is C=C.CCC(C)c1ccc(OCC(=O)OC)cc1.CCC(C)c1ccc(OCOC)cc1. The molecule has 0 saturated heterocycles. The number of ether oxygens (including phenoxy) is 4. The fourth-order valence-electron chi connectivity index (χ4n) is 2.58. The first kappa shape index (κ1) is 29.2. The predicted molar refractivity (Wildman–Crippen MR) is 132 cm³/mol. The number of rotatable bonds is 10. The maximum atomic E-state index is 10.9. The molecule has 5 heteroatoms. The summed E-state index contributed by atoms with van der Waals surface area (Å²) in [6, 6.07) is 16.0. The Balaban J connectivity index is 0.000000561. The van der Waals surface area contributed by atoms with Crippen LogP contribution in [0.4, 0.5) is 0 Å². The van der Waals surface area contributed by atoms with Crippen LogP contribution in [0.1, 0.15) is 63.5 Å². The fraction of sp³-hybridized carbons (Fsp3) is 0.444. The van der Waals surface area contributed by atoms with Crippen LogP contribution in [0, 0.1) is 0 Å². The minimum Gasteiger partial charge on any atom is -0.482 e. The van der Waals surface area contributed by atoms with Crippen LogP contribution >= 0.6 is 0 Å². The van der Waals surface area contributed by atoms with Crippen LogP contribution in [0.2, 0.25) is 0 Å². The van der Waals surface area contributed by atoms with E-state index in [1.807, 2.05) is 36.4 Å². The lowest BCUT2D eigenvalue weighted by Crippen LogP contribution is -2.12. The van der Waals surface area contributed by atoms with Crippen molar-refractivity contribution in [1.82, 2.24) is 0 Å². The van der Waals surface area contributed by atoms with Crippen molar-refractivity contribution in [2.24, 2.45) is 0 Å². The van der Waals surface area contributed by atoms with Gasteiger partial charge in [0.25, 0.3) is 0 Å². The standard InChI is InChI=1S/C13H18O3.C12H18O2.C2H4/c1-4-10(2)11-5-7-12(8-6-11)16-9-13(14)15-3;1-4-10(2)11-5-7-12(8-6-11)14-9-13-3;1-2/h5-8,10H,4,9H2,1-3H3;5-8,10H,4,9H2,1-3H3;1-2H2. The Hall–Kier alpha value is -2.79. The maximum Gasteiger partial charge on any atom is 0.343 e. The lowest BCUT2D eigenvalue weighted by Gasteiger charge is -2.10. The Kier molecular flexibility index (Phi) is 16.3. The van der Waals surface area contributed by atoms with Crippen molar-refractivity contribution in [2.45, 2.75) is 52.4 Å². The largest absolute Gasteiger partial charge is 0.482 e. The van der Waals surface area contributed by atoms with E-state index in [0.717, 1.165) is 18.6 Å². The van der Waals surface area contributed by atoms with E-state index < -0.39 is 0 Å². The van der Waals surface area contributed by atoms with Gasteiger partial charge in [0.05, 0.1) is 7.11 Å². The van der Waals surface area contributed by atoms with E-state index in [0.29, 0.717) is 24.4 Å². The Morgan fingerprint density at radius 1 is 0.781 bits per heavy atom. The lowest BCUT2D eigenvalue weighted by molar-refractivity contribution is -0.142. The van der Waals surface area contributed by atoms with Crippen LogP contribution in [-0.4, -0.2) is 33.6 Å². The summed E-state index contributed by atoms with van der Waals surface area (Å²) in [5.41, 5.74) is 2.64. The van der Waals surface area contributed by atoms with Crippen molar-refractivity contribution >= 4 is 5.97 Å². The molecule has 0 fully saturated rings. The number of hydrogen-bond acceptors (Lipinski definition) is 5. The zero-order valence-corrected chi connectivity index (χ0v) is 20.6. The predicted octanol–water partition coefficient (Wildman–Crippen LogP) is 6.74. The molecule has 2 aromatic rings. The van der Waals surface area contributed by atoms with Crippen molar-refractivity contribution < 1.29 is 23.7 Å². The van der Waals surface area contributed by atoms with Crippen LogP contribution < -0.4 is 9.47 Å². The van der Waals surface area contributed by atoms with E-state index >= 15 is 0 Å². The summed E-state index contributed by atoms with van der Waals surface area (Å²) >= 11 is 0. The molecule has 178 valence electrons. The molecule has 0 amide bonds. The highest BCUT2D eigenvalue weighted by Crippen LogP contribution is 2.22. The number of hydrogen-bond donors (Lipinski definition) is 0. The quantitative estimate of drug-likeness (QED) is 0.231. The smallest absolute Gasteiger partial charge is 0.343 e. The summed E-state index contributed by atoms with van der Waals surface area (Å²) in [5.74, 6) is 2.35. The van der Waals surface area contributed by atoms with Gasteiger partial charge in [-0.05, 0) is 60.1 Å². The van der Waals surface area contributed by atoms with E-state index in [1.165, 1.54) is 18.2 Å². The molecule has 32 heavy (non-hydrogen) atoms. The summed E-state index contributed by atoms with van der Waals surface area (Å²) < 4.78 is 19.9. The van der Waals surface area contributed by atoms with Gasteiger partial charge in [0.2, 0.25) is 0 Å². The molecule has 0 aliphatic carbocycles. The van der Waals surface area contributed by atoms with E-state index in [9.17, 15) is 4.79 Å². The number of esters is 1. The van der Waals surface area contributed by atoms with Crippen molar-refractivity contribution in [3.63, 3.8) is 0 Å². The number of methoxy groups -OCH3 is 2. The first-order valence-corrected chi connectivity index (χ1v) is 11.0. The van der Waals surface area contributed by atoms with Crippen molar-refractivity contribution in [2.75, 3.05) is 27.6 Å². The summed E-state index contributed by atoms with van der Waals surface area (Å²) in [4.78, 5) is 10.9. The molecule has 0 heterocycles. The summed E-state index contributed by atoms with van der Waals surface area (Å²) in [5, 5.41) is 0. The fourth-order valence-corrected chi connectivity index (χ4v) is 2.58. The van der Waals surface area contributed by atoms with Crippen molar-refractivity contribution in [1.29, 1.82) is 0 Å². The second-order valence-corrected chi connectivity index (χ2v) is 7.17. The Morgan fingerprint density at radius 3 is 1.53 bits per heavy atom. The highest BCUT2D eigenvalue weighted by Gasteiger charge is 2.05. The van der Waals surface area contributed by atoms with Gasteiger partial charge >= 0.3 is 5.97 Å². The molecule has 0 bridgehead atoms. The highest BCUT2D eigenvalue weighted by molar-refractivity contribution is 5.70. The molecule has 0 N–H and O–H groups in total. The average Bonchev–Trinajstić information content (AvgIpc) is 2.87. The van der Waals surface area contributed by atoms with E-state index in [4.69, 9.17) is 14.2 Å². The van der Waals surface area contributed by atoms with Gasteiger partial charge in [-0.3, -0.25) is 0 Å². The molecule has 2 aromatic carbocycles. The number of benzene rings is 2. The van der Waals surface area contributed by atoms with Gasteiger partial charge < -0.3 is 18.9 Å². The van der Waals surface area contributed by atoms with Gasteiger partial charge in [0, 0.05) is 7.11 Å². The van der Waals surface area contributed by atoms with Gasteiger partial charge in [0.15, 0.2) is 13.4 Å².